The second-order valence-electron chi connectivity index (χ2n) is 4.06. The number of halogens is 1. The third-order valence-corrected chi connectivity index (χ3v) is 3.32. The number of aromatic amines is 1. The first-order valence-corrected chi connectivity index (χ1v) is 6.48. The molecule has 2 aromatic rings. The fourth-order valence-corrected chi connectivity index (χ4v) is 1.93. The number of hydrogen-bond acceptors (Lipinski definition) is 4. The Balaban J connectivity index is 1.93. The SMILES string of the molecule is CC(CCc1ccco1)Nc1nc[nH]c(=O)c1Br. The van der Waals surface area contributed by atoms with Crippen LogP contribution in [0.2, 0.25) is 0 Å². The minimum Gasteiger partial charge on any atom is -0.469 e. The lowest BCUT2D eigenvalue weighted by Gasteiger charge is -2.14. The predicted molar refractivity (Wildman–Crippen MR) is 72.7 cm³/mol. The Morgan fingerprint density at radius 3 is 3.17 bits per heavy atom. The summed E-state index contributed by atoms with van der Waals surface area (Å²) in [5.41, 5.74) is -0.189. The van der Waals surface area contributed by atoms with Gasteiger partial charge in [-0.25, -0.2) is 4.98 Å². The second kappa shape index (κ2) is 5.86. The summed E-state index contributed by atoms with van der Waals surface area (Å²) in [5.74, 6) is 1.52. The first-order chi connectivity index (χ1) is 8.66. The molecular weight excluding hydrogens is 298 g/mol. The molecule has 0 radical (unpaired) electrons. The lowest BCUT2D eigenvalue weighted by Crippen LogP contribution is -2.20. The van der Waals surface area contributed by atoms with Gasteiger partial charge in [-0.15, -0.1) is 0 Å². The van der Waals surface area contributed by atoms with Crippen LogP contribution in [0.5, 0.6) is 0 Å². The molecule has 0 fully saturated rings. The van der Waals surface area contributed by atoms with Gasteiger partial charge in [0.05, 0.1) is 12.6 Å². The van der Waals surface area contributed by atoms with E-state index in [1.807, 2.05) is 19.1 Å². The summed E-state index contributed by atoms with van der Waals surface area (Å²) in [7, 11) is 0. The van der Waals surface area contributed by atoms with E-state index >= 15 is 0 Å². The zero-order valence-electron chi connectivity index (χ0n) is 9.94. The van der Waals surface area contributed by atoms with Crippen LogP contribution >= 0.6 is 15.9 Å². The molecule has 5 nitrogen and oxygen atoms in total. The fourth-order valence-electron chi connectivity index (χ4n) is 1.60. The molecule has 0 aliphatic heterocycles. The van der Waals surface area contributed by atoms with Crippen LogP contribution in [-0.4, -0.2) is 16.0 Å². The van der Waals surface area contributed by atoms with E-state index in [1.165, 1.54) is 6.33 Å². The molecule has 0 aromatic carbocycles. The van der Waals surface area contributed by atoms with Crippen LogP contribution in [0.25, 0.3) is 0 Å². The van der Waals surface area contributed by atoms with Crippen molar-refractivity contribution in [1.82, 2.24) is 9.97 Å². The van der Waals surface area contributed by atoms with E-state index in [9.17, 15) is 4.79 Å². The minimum atomic E-state index is -0.189. The third kappa shape index (κ3) is 3.22. The van der Waals surface area contributed by atoms with Gasteiger partial charge in [0, 0.05) is 12.5 Å². The maximum Gasteiger partial charge on any atom is 0.267 e. The van der Waals surface area contributed by atoms with Crippen molar-refractivity contribution in [3.8, 4) is 0 Å². The number of anilines is 1. The molecule has 0 saturated heterocycles. The molecule has 0 amide bonds. The summed E-state index contributed by atoms with van der Waals surface area (Å²) in [5, 5.41) is 3.19. The topological polar surface area (TPSA) is 70.9 Å². The van der Waals surface area contributed by atoms with Crippen molar-refractivity contribution in [2.75, 3.05) is 5.32 Å². The van der Waals surface area contributed by atoms with Gasteiger partial charge in [-0.1, -0.05) is 0 Å². The van der Waals surface area contributed by atoms with Crippen LogP contribution in [0.1, 0.15) is 19.1 Å². The summed E-state index contributed by atoms with van der Waals surface area (Å²) in [6, 6.07) is 4.02. The molecule has 2 N–H and O–H groups in total. The molecule has 2 rings (SSSR count). The van der Waals surface area contributed by atoms with Gasteiger partial charge < -0.3 is 14.7 Å². The Morgan fingerprint density at radius 1 is 1.61 bits per heavy atom. The number of rotatable bonds is 5. The van der Waals surface area contributed by atoms with Gasteiger partial charge in [-0.3, -0.25) is 4.79 Å². The summed E-state index contributed by atoms with van der Waals surface area (Å²) in [6.45, 7) is 2.04. The van der Waals surface area contributed by atoms with E-state index in [-0.39, 0.29) is 11.6 Å². The highest BCUT2D eigenvalue weighted by molar-refractivity contribution is 9.10. The maximum absolute atomic E-state index is 11.4. The fraction of sp³-hybridized carbons (Fsp3) is 0.333. The van der Waals surface area contributed by atoms with Gasteiger partial charge in [-0.05, 0) is 41.4 Å². The number of aromatic nitrogens is 2. The quantitative estimate of drug-likeness (QED) is 0.890. The zero-order valence-corrected chi connectivity index (χ0v) is 11.5. The highest BCUT2D eigenvalue weighted by Gasteiger charge is 2.09. The van der Waals surface area contributed by atoms with Gasteiger partial charge in [0.15, 0.2) is 0 Å². The van der Waals surface area contributed by atoms with E-state index in [0.717, 1.165) is 18.6 Å². The molecule has 2 aromatic heterocycles. The predicted octanol–water partition coefficient (Wildman–Crippen LogP) is 2.56. The van der Waals surface area contributed by atoms with Crippen molar-refractivity contribution in [2.24, 2.45) is 0 Å². The molecule has 0 bridgehead atoms. The number of nitrogens with zero attached hydrogens (tertiary/aromatic N) is 1. The van der Waals surface area contributed by atoms with Crippen molar-refractivity contribution >= 4 is 21.7 Å². The highest BCUT2D eigenvalue weighted by Crippen LogP contribution is 2.16. The highest BCUT2D eigenvalue weighted by atomic mass is 79.9. The second-order valence-corrected chi connectivity index (χ2v) is 4.85. The lowest BCUT2D eigenvalue weighted by atomic mass is 10.1. The van der Waals surface area contributed by atoms with Crippen molar-refractivity contribution in [3.05, 3.63) is 45.3 Å². The molecule has 0 aliphatic carbocycles. The minimum absolute atomic E-state index is 0.189. The van der Waals surface area contributed by atoms with Crippen LogP contribution < -0.4 is 10.9 Å². The van der Waals surface area contributed by atoms with E-state index in [4.69, 9.17) is 4.42 Å². The number of hydrogen-bond donors (Lipinski definition) is 2. The van der Waals surface area contributed by atoms with Crippen molar-refractivity contribution in [2.45, 2.75) is 25.8 Å². The van der Waals surface area contributed by atoms with E-state index in [2.05, 4.69) is 31.2 Å². The summed E-state index contributed by atoms with van der Waals surface area (Å²) >= 11 is 3.21. The van der Waals surface area contributed by atoms with Gasteiger partial charge in [0.25, 0.3) is 5.56 Å². The summed E-state index contributed by atoms with van der Waals surface area (Å²) in [6.07, 6.45) is 4.80. The number of furan rings is 1. The average molecular weight is 312 g/mol. The van der Waals surface area contributed by atoms with E-state index in [1.54, 1.807) is 6.26 Å². The molecule has 0 saturated carbocycles. The summed E-state index contributed by atoms with van der Waals surface area (Å²) in [4.78, 5) is 18.0. The van der Waals surface area contributed by atoms with Crippen LogP contribution in [0.3, 0.4) is 0 Å². The molecule has 18 heavy (non-hydrogen) atoms. The molecule has 0 spiro atoms. The molecule has 0 aliphatic rings. The van der Waals surface area contributed by atoms with Crippen LogP contribution in [0.15, 0.2) is 38.4 Å². The largest absolute Gasteiger partial charge is 0.469 e. The van der Waals surface area contributed by atoms with E-state index < -0.39 is 0 Å². The molecule has 6 heteroatoms. The number of aryl methyl sites for hydroxylation is 1. The average Bonchev–Trinajstić information content (AvgIpc) is 2.86. The Morgan fingerprint density at radius 2 is 2.44 bits per heavy atom. The molecule has 1 atom stereocenters. The zero-order chi connectivity index (χ0) is 13.0. The summed E-state index contributed by atoms with van der Waals surface area (Å²) < 4.78 is 5.70. The Kier molecular flexibility index (Phi) is 4.19. The van der Waals surface area contributed by atoms with Crippen LogP contribution in [0, 0.1) is 0 Å². The van der Waals surface area contributed by atoms with Gasteiger partial charge in [0.1, 0.15) is 16.1 Å². The molecule has 1 unspecified atom stereocenters. The first kappa shape index (κ1) is 12.9. The van der Waals surface area contributed by atoms with Crippen molar-refractivity contribution in [3.63, 3.8) is 0 Å². The van der Waals surface area contributed by atoms with Crippen LogP contribution in [0.4, 0.5) is 5.82 Å². The van der Waals surface area contributed by atoms with Crippen LogP contribution in [-0.2, 0) is 6.42 Å². The Labute approximate surface area is 113 Å². The van der Waals surface area contributed by atoms with Gasteiger partial charge in [-0.2, -0.15) is 0 Å². The smallest absolute Gasteiger partial charge is 0.267 e. The van der Waals surface area contributed by atoms with Gasteiger partial charge >= 0.3 is 0 Å². The van der Waals surface area contributed by atoms with Crippen molar-refractivity contribution < 1.29 is 4.42 Å². The lowest BCUT2D eigenvalue weighted by molar-refractivity contribution is 0.494. The Bertz CT molecular complexity index is 551. The normalized spacial score (nSPS) is 12.3. The molecular formula is C12H14BrN3O2. The third-order valence-electron chi connectivity index (χ3n) is 2.58. The van der Waals surface area contributed by atoms with Crippen molar-refractivity contribution in [1.29, 1.82) is 0 Å². The molecule has 96 valence electrons. The number of nitrogens with one attached hydrogen (secondary N) is 2. The van der Waals surface area contributed by atoms with Gasteiger partial charge in [0.2, 0.25) is 0 Å². The standard InChI is InChI=1S/C12H14BrN3O2/c1-8(4-5-9-3-2-6-18-9)16-11-10(13)12(17)15-7-14-11/h2-3,6-8H,4-5H2,1H3,(H2,14,15,16,17). The van der Waals surface area contributed by atoms with E-state index in [0.29, 0.717) is 10.3 Å². The monoisotopic (exact) mass is 311 g/mol. The Hall–Kier alpha value is -1.56. The maximum atomic E-state index is 11.4. The molecule has 2 heterocycles. The first-order valence-electron chi connectivity index (χ1n) is 5.69. The number of H-pyrrole nitrogens is 1.